The number of carboxylic acids is 1. The molecule has 2 fully saturated rings. The van der Waals surface area contributed by atoms with Crippen LogP contribution in [0.25, 0.3) is 10.9 Å². The molecule has 1 amide bonds. The lowest BCUT2D eigenvalue weighted by Gasteiger charge is -2.23. The van der Waals surface area contributed by atoms with Crippen molar-refractivity contribution in [2.24, 2.45) is 11.8 Å². The quantitative estimate of drug-likeness (QED) is 0.894. The van der Waals surface area contributed by atoms with Gasteiger partial charge < -0.3 is 15.0 Å². The molecule has 0 spiro atoms. The minimum Gasteiger partial charge on any atom is -0.480 e. The summed E-state index contributed by atoms with van der Waals surface area (Å²) in [5.41, 5.74) is 1.38. The fraction of sp³-hybridized carbons (Fsp3) is 0.412. The molecule has 5 nitrogen and oxygen atoms in total. The predicted molar refractivity (Wildman–Crippen MR) is 81.6 cm³/mol. The van der Waals surface area contributed by atoms with Crippen LogP contribution in [-0.2, 0) is 4.79 Å². The average Bonchev–Trinajstić information content (AvgIpc) is 3.18. The number of rotatable bonds is 2. The van der Waals surface area contributed by atoms with Gasteiger partial charge in [-0.15, -0.1) is 0 Å². The standard InChI is InChI=1S/C17H18N2O3/c20-16(14-8-10-4-1-2-7-13(10)18-14)19-9-11-5-3-6-12(11)15(19)17(21)22/h1-2,4,7-8,11-12,15,18H,3,5-6,9H2,(H,21,22)/t11-,12-,15-/m0/s1. The van der Waals surface area contributed by atoms with Crippen molar-refractivity contribution in [1.82, 2.24) is 9.88 Å². The number of likely N-dealkylation sites (tertiary alicyclic amines) is 1. The van der Waals surface area contributed by atoms with Crippen LogP contribution in [0.3, 0.4) is 0 Å². The Morgan fingerprint density at radius 3 is 2.82 bits per heavy atom. The summed E-state index contributed by atoms with van der Waals surface area (Å²) >= 11 is 0. The summed E-state index contributed by atoms with van der Waals surface area (Å²) in [5.74, 6) is -0.614. The van der Waals surface area contributed by atoms with Crippen molar-refractivity contribution < 1.29 is 14.7 Å². The van der Waals surface area contributed by atoms with Crippen molar-refractivity contribution in [3.8, 4) is 0 Å². The zero-order valence-electron chi connectivity index (χ0n) is 12.2. The Bertz CT molecular complexity index is 718. The molecule has 2 aliphatic rings. The van der Waals surface area contributed by atoms with E-state index in [1.54, 1.807) is 4.90 Å². The molecule has 1 aromatic heterocycles. The Hall–Kier alpha value is -2.30. The number of hydrogen-bond acceptors (Lipinski definition) is 2. The maximum Gasteiger partial charge on any atom is 0.326 e. The van der Waals surface area contributed by atoms with E-state index in [1.165, 1.54) is 0 Å². The van der Waals surface area contributed by atoms with Gasteiger partial charge >= 0.3 is 5.97 Å². The molecule has 1 aliphatic carbocycles. The molecule has 0 radical (unpaired) electrons. The normalized spacial score (nSPS) is 27.3. The molecule has 22 heavy (non-hydrogen) atoms. The number of carboxylic acid groups (broad SMARTS) is 1. The third kappa shape index (κ3) is 1.92. The van der Waals surface area contributed by atoms with Gasteiger partial charge in [-0.25, -0.2) is 4.79 Å². The highest BCUT2D eigenvalue weighted by atomic mass is 16.4. The van der Waals surface area contributed by atoms with Crippen molar-refractivity contribution >= 4 is 22.8 Å². The maximum absolute atomic E-state index is 12.8. The molecule has 4 rings (SSSR count). The number of fused-ring (bicyclic) bond motifs is 2. The van der Waals surface area contributed by atoms with Crippen LogP contribution in [0.4, 0.5) is 0 Å². The molecule has 2 N–H and O–H groups in total. The fourth-order valence-electron chi connectivity index (χ4n) is 4.17. The van der Waals surface area contributed by atoms with Gasteiger partial charge in [0, 0.05) is 17.4 Å². The Labute approximate surface area is 127 Å². The van der Waals surface area contributed by atoms with E-state index in [2.05, 4.69) is 4.98 Å². The van der Waals surface area contributed by atoms with Crippen LogP contribution in [0.1, 0.15) is 29.8 Å². The lowest BCUT2D eigenvalue weighted by atomic mass is 9.94. The molecule has 2 heterocycles. The van der Waals surface area contributed by atoms with E-state index in [4.69, 9.17) is 0 Å². The molecule has 1 aliphatic heterocycles. The van der Waals surface area contributed by atoms with Gasteiger partial charge in [-0.05, 0) is 36.8 Å². The van der Waals surface area contributed by atoms with E-state index in [0.717, 1.165) is 30.2 Å². The second kappa shape index (κ2) is 4.87. The Morgan fingerprint density at radius 2 is 2.05 bits per heavy atom. The van der Waals surface area contributed by atoms with Crippen LogP contribution < -0.4 is 0 Å². The van der Waals surface area contributed by atoms with Crippen molar-refractivity contribution in [2.45, 2.75) is 25.3 Å². The number of aromatic nitrogens is 1. The molecule has 1 saturated heterocycles. The van der Waals surface area contributed by atoms with E-state index >= 15 is 0 Å². The lowest BCUT2D eigenvalue weighted by molar-refractivity contribution is -0.142. The molecule has 3 atom stereocenters. The Balaban J connectivity index is 1.68. The largest absolute Gasteiger partial charge is 0.480 e. The number of carbonyl (C=O) groups is 2. The van der Waals surface area contributed by atoms with Gasteiger partial charge in [0.25, 0.3) is 5.91 Å². The monoisotopic (exact) mass is 298 g/mol. The van der Waals surface area contributed by atoms with Crippen molar-refractivity contribution in [1.29, 1.82) is 0 Å². The Morgan fingerprint density at radius 1 is 1.23 bits per heavy atom. The number of para-hydroxylation sites is 1. The van der Waals surface area contributed by atoms with Crippen molar-refractivity contribution in [3.63, 3.8) is 0 Å². The first-order chi connectivity index (χ1) is 10.6. The van der Waals surface area contributed by atoms with Crippen LogP contribution in [0.15, 0.2) is 30.3 Å². The van der Waals surface area contributed by atoms with Gasteiger partial charge in [0.2, 0.25) is 0 Å². The predicted octanol–water partition coefficient (Wildman–Crippen LogP) is 2.49. The number of hydrogen-bond donors (Lipinski definition) is 2. The van der Waals surface area contributed by atoms with Crippen LogP contribution in [-0.4, -0.2) is 39.5 Å². The van der Waals surface area contributed by atoms with Crippen molar-refractivity contribution in [3.05, 3.63) is 36.0 Å². The lowest BCUT2D eigenvalue weighted by Crippen LogP contribution is -2.43. The molecule has 0 unspecified atom stereocenters. The van der Waals surface area contributed by atoms with Gasteiger partial charge in [-0.2, -0.15) is 0 Å². The van der Waals surface area contributed by atoms with Gasteiger partial charge in [0.15, 0.2) is 0 Å². The minimum atomic E-state index is -0.876. The van der Waals surface area contributed by atoms with Crippen LogP contribution in [0, 0.1) is 11.8 Å². The smallest absolute Gasteiger partial charge is 0.326 e. The summed E-state index contributed by atoms with van der Waals surface area (Å²) in [6, 6.07) is 8.82. The number of aromatic amines is 1. The van der Waals surface area contributed by atoms with Gasteiger partial charge in [-0.3, -0.25) is 4.79 Å². The van der Waals surface area contributed by atoms with Crippen LogP contribution in [0.2, 0.25) is 0 Å². The number of amides is 1. The third-order valence-electron chi connectivity index (χ3n) is 5.16. The van der Waals surface area contributed by atoms with E-state index in [-0.39, 0.29) is 11.8 Å². The summed E-state index contributed by atoms with van der Waals surface area (Å²) < 4.78 is 0. The fourth-order valence-corrected chi connectivity index (χ4v) is 4.17. The van der Waals surface area contributed by atoms with Gasteiger partial charge in [0.1, 0.15) is 11.7 Å². The second-order valence-corrected chi connectivity index (χ2v) is 6.37. The zero-order chi connectivity index (χ0) is 15.3. The number of carbonyl (C=O) groups excluding carboxylic acids is 1. The van der Waals surface area contributed by atoms with Crippen LogP contribution >= 0.6 is 0 Å². The van der Waals surface area contributed by atoms with E-state index in [0.29, 0.717) is 18.2 Å². The molecule has 2 aromatic rings. The average molecular weight is 298 g/mol. The molecular weight excluding hydrogens is 280 g/mol. The number of aliphatic carboxylic acids is 1. The second-order valence-electron chi connectivity index (χ2n) is 6.37. The number of H-pyrrole nitrogens is 1. The highest BCUT2D eigenvalue weighted by Crippen LogP contribution is 2.42. The summed E-state index contributed by atoms with van der Waals surface area (Å²) in [6.45, 7) is 0.565. The number of nitrogens with one attached hydrogen (secondary N) is 1. The van der Waals surface area contributed by atoms with Gasteiger partial charge in [-0.1, -0.05) is 24.6 Å². The first-order valence-corrected chi connectivity index (χ1v) is 7.76. The zero-order valence-corrected chi connectivity index (χ0v) is 12.2. The van der Waals surface area contributed by atoms with Gasteiger partial charge in [0.05, 0.1) is 0 Å². The highest BCUT2D eigenvalue weighted by Gasteiger charge is 2.49. The Kier molecular flexibility index (Phi) is 2.96. The SMILES string of the molecule is O=C(O)[C@@H]1[C@H]2CCC[C@H]2CN1C(=O)c1cc2ccccc2[nH]1. The first kappa shape index (κ1) is 13.4. The van der Waals surface area contributed by atoms with E-state index in [9.17, 15) is 14.7 Å². The number of nitrogens with zero attached hydrogens (tertiary/aromatic N) is 1. The molecule has 1 aromatic carbocycles. The third-order valence-corrected chi connectivity index (χ3v) is 5.16. The molecule has 114 valence electrons. The van der Waals surface area contributed by atoms with E-state index in [1.807, 2.05) is 30.3 Å². The minimum absolute atomic E-state index is 0.117. The number of benzene rings is 1. The summed E-state index contributed by atoms with van der Waals surface area (Å²) in [4.78, 5) is 29.1. The van der Waals surface area contributed by atoms with E-state index < -0.39 is 12.0 Å². The molecular formula is C17H18N2O3. The van der Waals surface area contributed by atoms with Crippen LogP contribution in [0.5, 0.6) is 0 Å². The topological polar surface area (TPSA) is 73.4 Å². The summed E-state index contributed by atoms with van der Waals surface area (Å²) in [6.07, 6.45) is 3.02. The first-order valence-electron chi connectivity index (χ1n) is 7.76. The molecule has 0 bridgehead atoms. The summed E-state index contributed by atoms with van der Waals surface area (Å²) in [7, 11) is 0. The molecule has 5 heteroatoms. The molecule has 1 saturated carbocycles. The highest BCUT2D eigenvalue weighted by molar-refractivity contribution is 6.00. The maximum atomic E-state index is 12.8. The summed E-state index contributed by atoms with van der Waals surface area (Å²) in [5, 5.41) is 10.5. The van der Waals surface area contributed by atoms with Crippen molar-refractivity contribution in [2.75, 3.05) is 6.54 Å².